The van der Waals surface area contributed by atoms with E-state index in [0.717, 1.165) is 70.6 Å². The van der Waals surface area contributed by atoms with Gasteiger partial charge in [0.2, 0.25) is 0 Å². The number of ether oxygens (including phenoxy) is 2. The molecule has 0 saturated heterocycles. The lowest BCUT2D eigenvalue weighted by Gasteiger charge is -2.19. The molecule has 394 valence electrons. The Balaban J connectivity index is 3.87. The Hall–Kier alpha value is -2.52. The number of rotatable bonds is 48. The molecular weight excluding hydrogens is 914 g/mol. The second kappa shape index (κ2) is 46.8. The van der Waals surface area contributed by atoms with Crippen molar-refractivity contribution >= 4 is 27.6 Å². The van der Waals surface area contributed by atoms with Gasteiger partial charge in [0.15, 0.2) is 0 Å². The average molecular weight is 1010 g/mol. The van der Waals surface area contributed by atoms with Crippen molar-refractivity contribution in [2.45, 2.75) is 199 Å². The van der Waals surface area contributed by atoms with Crippen LogP contribution in [0.4, 0.5) is 0 Å². The molecule has 5 N–H and O–H groups in total. The quantitative estimate of drug-likeness (QED) is 0.0126. The zero-order valence-electron chi connectivity index (χ0n) is 41.5. The number of carbonyl (C=O) groups is 2. The Kier molecular flexibility index (Phi) is 45.1. The van der Waals surface area contributed by atoms with Gasteiger partial charge in [-0.2, -0.15) is 0 Å². The van der Waals surface area contributed by atoms with Gasteiger partial charge in [-0.05, 0) is 64.2 Å². The summed E-state index contributed by atoms with van der Waals surface area (Å²) >= 11 is 0. The highest BCUT2D eigenvalue weighted by atomic mass is 31.2. The van der Waals surface area contributed by atoms with Crippen LogP contribution in [0.5, 0.6) is 0 Å². The van der Waals surface area contributed by atoms with Gasteiger partial charge in [-0.3, -0.25) is 27.7 Å². The minimum absolute atomic E-state index is 0.167. The predicted octanol–water partition coefficient (Wildman–Crippen LogP) is 11.9. The molecule has 0 rings (SSSR count). The summed E-state index contributed by atoms with van der Waals surface area (Å²) in [5.74, 6) is -1.02. The summed E-state index contributed by atoms with van der Waals surface area (Å²) in [7, 11) is -9.59. The van der Waals surface area contributed by atoms with E-state index in [9.17, 15) is 43.8 Å². The molecule has 0 aliphatic rings. The molecule has 68 heavy (non-hydrogen) atoms. The first-order valence-corrected chi connectivity index (χ1v) is 28.3. The molecule has 0 aromatic carbocycles. The Bertz CT molecular complexity index is 1500. The number of aliphatic hydroxyl groups excluding tert-OH is 3. The summed E-state index contributed by atoms with van der Waals surface area (Å²) in [4.78, 5) is 43.8. The number of unbranched alkanes of at least 4 members (excludes halogenated alkanes) is 19. The Morgan fingerprint density at radius 3 is 1.13 bits per heavy atom. The number of allylic oxidation sites excluding steroid dienone is 12. The third-order valence-corrected chi connectivity index (χ3v) is 12.1. The number of hydrogen-bond donors (Lipinski definition) is 5. The van der Waals surface area contributed by atoms with Crippen molar-refractivity contribution in [1.29, 1.82) is 0 Å². The zero-order valence-corrected chi connectivity index (χ0v) is 43.3. The molecule has 0 aliphatic heterocycles. The fourth-order valence-electron chi connectivity index (χ4n) is 6.31. The van der Waals surface area contributed by atoms with Crippen LogP contribution in [0.2, 0.25) is 0 Å². The van der Waals surface area contributed by atoms with Gasteiger partial charge in [-0.25, -0.2) is 9.13 Å². The maximum Gasteiger partial charge on any atom is 0.472 e. The highest BCUT2D eigenvalue weighted by Gasteiger charge is 2.28. The lowest BCUT2D eigenvalue weighted by atomic mass is 10.0. The minimum atomic E-state index is -4.79. The molecule has 0 bridgehead atoms. The number of carbonyl (C=O) groups excluding carboxylic acids is 2. The normalized spacial score (nSPS) is 15.6. The van der Waals surface area contributed by atoms with Crippen LogP contribution in [0.3, 0.4) is 0 Å². The zero-order chi connectivity index (χ0) is 50.2. The van der Waals surface area contributed by atoms with Gasteiger partial charge in [-0.15, -0.1) is 0 Å². The molecule has 0 aromatic rings. The number of hydrogen-bond acceptors (Lipinski definition) is 13. The number of esters is 2. The second-order valence-corrected chi connectivity index (χ2v) is 19.8. The van der Waals surface area contributed by atoms with E-state index >= 15 is 0 Å². The minimum Gasteiger partial charge on any atom is -0.463 e. The number of phosphoric ester groups is 2. The molecule has 0 heterocycles. The van der Waals surface area contributed by atoms with Crippen molar-refractivity contribution in [1.82, 2.24) is 0 Å². The SMILES string of the molecule is CC/C=C/C=C/C=C/C=C\CCCCCCCC(=O)OCC(O)COP(=O)(O)OCC(O)COP(=O)(O)OCC(O)COC(=O)CCCCCCCCCCCCC/C=C\C/C=C\CCCCC. The maximum absolute atomic E-state index is 12.2. The van der Waals surface area contributed by atoms with Crippen molar-refractivity contribution in [3.05, 3.63) is 72.9 Å². The molecule has 15 nitrogen and oxygen atoms in total. The molecule has 0 fully saturated rings. The van der Waals surface area contributed by atoms with E-state index in [0.29, 0.717) is 12.8 Å². The van der Waals surface area contributed by atoms with Gasteiger partial charge in [0, 0.05) is 12.8 Å². The van der Waals surface area contributed by atoms with Gasteiger partial charge in [0.05, 0.1) is 26.4 Å². The van der Waals surface area contributed by atoms with E-state index in [1.165, 1.54) is 70.6 Å². The standard InChI is InChI=1S/C51H90O15P2/c1-3-5-7-9-11-13-15-17-19-20-21-22-23-24-26-28-30-32-34-36-38-40-51(56)62-42-48(53)44-64-68(59,60)66-46-49(54)45-65-67(57,58)63-43-47(52)41-61-50(55)39-37-35-33-31-29-27-25-18-16-14-12-10-8-6-4-2/h6,8,10-14,16-19,25,47-49,52-54H,3-5,7,9,15,20-24,26-46H2,1-2H3,(H,57,58)(H,59,60)/b8-6+,12-10+,13-11-,16-14+,19-17-,25-18-. The lowest BCUT2D eigenvalue weighted by molar-refractivity contribution is -0.148. The van der Waals surface area contributed by atoms with Crippen LogP contribution in [-0.2, 0) is 46.3 Å². The van der Waals surface area contributed by atoms with Crippen LogP contribution in [0.25, 0.3) is 0 Å². The predicted molar refractivity (Wildman–Crippen MR) is 270 cm³/mol. The van der Waals surface area contributed by atoms with Crippen LogP contribution in [0, 0.1) is 0 Å². The van der Waals surface area contributed by atoms with E-state index in [-0.39, 0.29) is 12.8 Å². The van der Waals surface area contributed by atoms with E-state index in [1.807, 2.05) is 36.5 Å². The second-order valence-electron chi connectivity index (χ2n) is 16.9. The van der Waals surface area contributed by atoms with E-state index in [4.69, 9.17) is 14.0 Å². The van der Waals surface area contributed by atoms with Crippen LogP contribution in [0.1, 0.15) is 181 Å². The summed E-state index contributed by atoms with van der Waals surface area (Å²) in [6.07, 6.45) is 47.4. The van der Waals surface area contributed by atoms with Gasteiger partial charge in [0.1, 0.15) is 31.5 Å². The Labute approximate surface area is 409 Å². The fraction of sp³-hybridized carbons (Fsp3) is 0.725. The monoisotopic (exact) mass is 1000 g/mol. The fourth-order valence-corrected chi connectivity index (χ4v) is 7.90. The highest BCUT2D eigenvalue weighted by Crippen LogP contribution is 2.45. The van der Waals surface area contributed by atoms with Crippen LogP contribution >= 0.6 is 15.6 Å². The molecule has 5 unspecified atom stereocenters. The summed E-state index contributed by atoms with van der Waals surface area (Å²) in [6.45, 7) is 0.226. The first kappa shape index (κ1) is 65.5. The molecule has 0 aromatic heterocycles. The van der Waals surface area contributed by atoms with Crippen LogP contribution in [0.15, 0.2) is 72.9 Å². The third kappa shape index (κ3) is 48.5. The number of aliphatic hydroxyl groups is 3. The topological polar surface area (TPSA) is 225 Å². The number of phosphoric acid groups is 2. The van der Waals surface area contributed by atoms with E-state index in [2.05, 4.69) is 63.9 Å². The lowest BCUT2D eigenvalue weighted by Crippen LogP contribution is -2.25. The first-order valence-electron chi connectivity index (χ1n) is 25.3. The highest BCUT2D eigenvalue weighted by molar-refractivity contribution is 7.47. The van der Waals surface area contributed by atoms with Crippen molar-refractivity contribution in [2.75, 3.05) is 39.6 Å². The van der Waals surface area contributed by atoms with Gasteiger partial charge in [-0.1, -0.05) is 177 Å². The van der Waals surface area contributed by atoms with Crippen LogP contribution < -0.4 is 0 Å². The maximum atomic E-state index is 12.2. The third-order valence-electron chi connectivity index (χ3n) is 10.2. The van der Waals surface area contributed by atoms with Gasteiger partial charge in [0.25, 0.3) is 0 Å². The Morgan fingerprint density at radius 1 is 0.412 bits per heavy atom. The van der Waals surface area contributed by atoms with Gasteiger partial charge < -0.3 is 34.6 Å². The van der Waals surface area contributed by atoms with Crippen molar-refractivity contribution in [3.8, 4) is 0 Å². The molecule has 17 heteroatoms. The molecule has 0 radical (unpaired) electrons. The van der Waals surface area contributed by atoms with Crippen molar-refractivity contribution < 1.29 is 71.4 Å². The van der Waals surface area contributed by atoms with E-state index < -0.39 is 85.5 Å². The molecular formula is C51H90O15P2. The van der Waals surface area contributed by atoms with Crippen molar-refractivity contribution in [3.63, 3.8) is 0 Å². The molecule has 0 saturated carbocycles. The molecule has 0 aliphatic carbocycles. The van der Waals surface area contributed by atoms with Gasteiger partial charge >= 0.3 is 27.6 Å². The smallest absolute Gasteiger partial charge is 0.463 e. The molecule has 0 amide bonds. The largest absolute Gasteiger partial charge is 0.472 e. The molecule has 5 atom stereocenters. The van der Waals surface area contributed by atoms with E-state index in [1.54, 1.807) is 0 Å². The summed E-state index contributed by atoms with van der Waals surface area (Å²) < 4.78 is 53.0. The first-order chi connectivity index (χ1) is 32.8. The molecule has 0 spiro atoms. The Morgan fingerprint density at radius 2 is 0.735 bits per heavy atom. The summed E-state index contributed by atoms with van der Waals surface area (Å²) in [6, 6.07) is 0. The van der Waals surface area contributed by atoms with Crippen molar-refractivity contribution in [2.24, 2.45) is 0 Å². The van der Waals surface area contributed by atoms with Crippen LogP contribution in [-0.4, -0.2) is 95.0 Å². The average Bonchev–Trinajstić information content (AvgIpc) is 3.31. The summed E-state index contributed by atoms with van der Waals surface area (Å²) in [5.41, 5.74) is 0. The summed E-state index contributed by atoms with van der Waals surface area (Å²) in [5, 5.41) is 30.1.